The van der Waals surface area contributed by atoms with Crippen LogP contribution >= 0.6 is 11.8 Å². The third kappa shape index (κ3) is 3.53. The van der Waals surface area contributed by atoms with Gasteiger partial charge in [-0.3, -0.25) is 14.8 Å². The summed E-state index contributed by atoms with van der Waals surface area (Å²) in [5.74, 6) is 0.574. The monoisotopic (exact) mass is 331 g/mol. The molecule has 3 rings (SSSR count). The Kier molecular flexibility index (Phi) is 4.61. The van der Waals surface area contributed by atoms with Crippen LogP contribution in [0.2, 0.25) is 0 Å². The summed E-state index contributed by atoms with van der Waals surface area (Å²) >= 11 is 1.22. The highest BCUT2D eigenvalue weighted by atomic mass is 32.2. The van der Waals surface area contributed by atoms with Crippen LogP contribution in [0.4, 0.5) is 4.79 Å². The highest BCUT2D eigenvalue weighted by molar-refractivity contribution is 7.99. The maximum Gasteiger partial charge on any atom is 0.324 e. The molecule has 1 aliphatic heterocycles. The van der Waals surface area contributed by atoms with Crippen LogP contribution in [-0.2, 0) is 11.2 Å². The van der Waals surface area contributed by atoms with Gasteiger partial charge in [-0.05, 0) is 12.0 Å². The molecule has 1 saturated heterocycles. The molecule has 1 aromatic carbocycles. The van der Waals surface area contributed by atoms with Crippen LogP contribution < -0.4 is 5.32 Å². The molecule has 2 N–H and O–H groups in total. The molecule has 1 fully saturated rings. The van der Waals surface area contributed by atoms with Crippen molar-refractivity contribution in [1.82, 2.24) is 25.4 Å². The molecule has 0 unspecified atom stereocenters. The lowest BCUT2D eigenvalue weighted by molar-refractivity contribution is -0.124. The maximum absolute atomic E-state index is 12.0. The number of H-pyrrole nitrogens is 1. The fourth-order valence-electron chi connectivity index (χ4n) is 2.25. The quantitative estimate of drug-likeness (QED) is 0.814. The molecular weight excluding hydrogens is 314 g/mol. The van der Waals surface area contributed by atoms with Crippen molar-refractivity contribution in [3.63, 3.8) is 0 Å². The summed E-state index contributed by atoms with van der Waals surface area (Å²) in [6.07, 6.45) is 0.990. The molecule has 2 aromatic rings. The predicted octanol–water partition coefficient (Wildman–Crippen LogP) is 1.68. The fraction of sp³-hybridized carbons (Fsp3) is 0.333. The summed E-state index contributed by atoms with van der Waals surface area (Å²) in [4.78, 5) is 29.0. The van der Waals surface area contributed by atoms with Gasteiger partial charge in [-0.2, -0.15) is 0 Å². The van der Waals surface area contributed by atoms with Crippen LogP contribution in [0.25, 0.3) is 11.4 Å². The first-order chi connectivity index (χ1) is 11.2. The van der Waals surface area contributed by atoms with Gasteiger partial charge in [0, 0.05) is 18.7 Å². The molecule has 1 aliphatic rings. The zero-order chi connectivity index (χ0) is 16.2. The lowest BCUT2D eigenvalue weighted by Gasteiger charge is -2.10. The molecule has 120 valence electrons. The lowest BCUT2D eigenvalue weighted by atomic mass is 10.1. The number of rotatable bonds is 5. The topological polar surface area (TPSA) is 91.0 Å². The zero-order valence-electron chi connectivity index (χ0n) is 12.7. The van der Waals surface area contributed by atoms with Crippen molar-refractivity contribution in [2.75, 3.05) is 18.8 Å². The molecule has 0 bridgehead atoms. The highest BCUT2D eigenvalue weighted by Gasteiger charge is 2.26. The van der Waals surface area contributed by atoms with Crippen molar-refractivity contribution in [2.24, 2.45) is 0 Å². The van der Waals surface area contributed by atoms with E-state index in [0.29, 0.717) is 24.1 Å². The Morgan fingerprint density at radius 1 is 1.35 bits per heavy atom. The number of aromatic nitrogens is 3. The molecule has 0 spiro atoms. The Bertz CT molecular complexity index is 713. The van der Waals surface area contributed by atoms with E-state index < -0.39 is 0 Å². The second kappa shape index (κ2) is 6.82. The van der Waals surface area contributed by atoms with Crippen molar-refractivity contribution in [1.29, 1.82) is 0 Å². The standard InChI is InChI=1S/C15H17N5O2S/c1-2-10-3-5-11(6-4-10)13-17-14(19-18-13)23-9-12(21)20-8-7-16-15(20)22/h3-6H,2,7-9H2,1H3,(H,16,22)(H,17,18,19). The van der Waals surface area contributed by atoms with E-state index in [1.807, 2.05) is 12.1 Å². The Labute approximate surface area is 137 Å². The van der Waals surface area contributed by atoms with E-state index >= 15 is 0 Å². The van der Waals surface area contributed by atoms with Crippen LogP contribution in [0.5, 0.6) is 0 Å². The van der Waals surface area contributed by atoms with Crippen molar-refractivity contribution >= 4 is 23.7 Å². The molecule has 0 aliphatic carbocycles. The first-order valence-electron chi connectivity index (χ1n) is 7.40. The van der Waals surface area contributed by atoms with E-state index in [-0.39, 0.29) is 17.7 Å². The predicted molar refractivity (Wildman–Crippen MR) is 87.0 cm³/mol. The minimum Gasteiger partial charge on any atom is -0.336 e. The molecule has 0 saturated carbocycles. The summed E-state index contributed by atoms with van der Waals surface area (Å²) in [6, 6.07) is 7.77. The number of nitrogens with one attached hydrogen (secondary N) is 2. The average molecular weight is 331 g/mol. The molecule has 2 heterocycles. The summed E-state index contributed by atoms with van der Waals surface area (Å²) in [5, 5.41) is 10.1. The van der Waals surface area contributed by atoms with E-state index in [0.717, 1.165) is 12.0 Å². The number of carbonyl (C=O) groups excluding carboxylic acids is 2. The first-order valence-corrected chi connectivity index (χ1v) is 8.38. The number of aryl methyl sites for hydroxylation is 1. The van der Waals surface area contributed by atoms with Gasteiger partial charge in [0.15, 0.2) is 5.82 Å². The van der Waals surface area contributed by atoms with E-state index in [1.54, 1.807) is 0 Å². The van der Waals surface area contributed by atoms with Gasteiger partial charge >= 0.3 is 6.03 Å². The van der Waals surface area contributed by atoms with Gasteiger partial charge in [-0.15, -0.1) is 5.10 Å². The zero-order valence-corrected chi connectivity index (χ0v) is 13.5. The Morgan fingerprint density at radius 2 is 2.13 bits per heavy atom. The van der Waals surface area contributed by atoms with Crippen molar-refractivity contribution in [2.45, 2.75) is 18.5 Å². The lowest BCUT2D eigenvalue weighted by Crippen LogP contribution is -2.35. The Balaban J connectivity index is 1.60. The van der Waals surface area contributed by atoms with Gasteiger partial charge in [0.05, 0.1) is 5.75 Å². The second-order valence-corrected chi connectivity index (χ2v) is 6.03. The molecular formula is C15H17N5O2S. The number of carbonyl (C=O) groups is 2. The van der Waals surface area contributed by atoms with Crippen molar-refractivity contribution < 1.29 is 9.59 Å². The van der Waals surface area contributed by atoms with Gasteiger partial charge in [-0.1, -0.05) is 43.0 Å². The molecule has 23 heavy (non-hydrogen) atoms. The van der Waals surface area contributed by atoms with Crippen LogP contribution in [0.1, 0.15) is 12.5 Å². The minimum absolute atomic E-state index is 0.138. The second-order valence-electron chi connectivity index (χ2n) is 5.08. The third-order valence-corrected chi connectivity index (χ3v) is 4.42. The third-order valence-electron chi connectivity index (χ3n) is 3.58. The summed E-state index contributed by atoms with van der Waals surface area (Å²) < 4.78 is 0. The molecule has 0 radical (unpaired) electrons. The molecule has 3 amide bonds. The highest BCUT2D eigenvalue weighted by Crippen LogP contribution is 2.20. The summed E-state index contributed by atoms with van der Waals surface area (Å²) in [7, 11) is 0. The SMILES string of the molecule is CCc1ccc(-c2nc(SCC(=O)N3CCNC3=O)n[nH]2)cc1. The summed E-state index contributed by atoms with van der Waals surface area (Å²) in [5.41, 5.74) is 2.21. The molecule has 8 heteroatoms. The normalized spacial score (nSPS) is 14.1. The van der Waals surface area contributed by atoms with E-state index in [2.05, 4.69) is 39.6 Å². The minimum atomic E-state index is -0.331. The maximum atomic E-state index is 12.0. The molecule has 1 aromatic heterocycles. The van der Waals surface area contributed by atoms with Gasteiger partial charge in [0.2, 0.25) is 11.1 Å². The number of aromatic amines is 1. The average Bonchev–Trinajstić information content (AvgIpc) is 3.22. The molecule has 0 atom stereocenters. The van der Waals surface area contributed by atoms with Crippen molar-refractivity contribution in [3.05, 3.63) is 29.8 Å². The van der Waals surface area contributed by atoms with Crippen LogP contribution in [-0.4, -0.2) is 50.9 Å². The van der Waals surface area contributed by atoms with Gasteiger partial charge in [-0.25, -0.2) is 9.78 Å². The largest absolute Gasteiger partial charge is 0.336 e. The first kappa shape index (κ1) is 15.5. The number of amides is 3. The van der Waals surface area contributed by atoms with Crippen LogP contribution in [0.3, 0.4) is 0 Å². The van der Waals surface area contributed by atoms with E-state index in [4.69, 9.17) is 0 Å². The van der Waals surface area contributed by atoms with Crippen LogP contribution in [0, 0.1) is 0 Å². The fourth-order valence-corrected chi connectivity index (χ4v) is 2.93. The van der Waals surface area contributed by atoms with Gasteiger partial charge in [0.1, 0.15) is 0 Å². The van der Waals surface area contributed by atoms with E-state index in [1.165, 1.54) is 22.2 Å². The number of imide groups is 1. The van der Waals surface area contributed by atoms with E-state index in [9.17, 15) is 9.59 Å². The number of thioether (sulfide) groups is 1. The van der Waals surface area contributed by atoms with Gasteiger partial charge < -0.3 is 5.32 Å². The van der Waals surface area contributed by atoms with Crippen LogP contribution in [0.15, 0.2) is 29.4 Å². The number of hydrogen-bond acceptors (Lipinski definition) is 5. The summed E-state index contributed by atoms with van der Waals surface area (Å²) in [6.45, 7) is 3.03. The Hall–Kier alpha value is -2.35. The number of nitrogens with zero attached hydrogens (tertiary/aromatic N) is 3. The van der Waals surface area contributed by atoms with Crippen molar-refractivity contribution in [3.8, 4) is 11.4 Å². The number of benzene rings is 1. The number of hydrogen-bond donors (Lipinski definition) is 2. The van der Waals surface area contributed by atoms with Gasteiger partial charge in [0.25, 0.3) is 0 Å². The molecule has 7 nitrogen and oxygen atoms in total. The smallest absolute Gasteiger partial charge is 0.324 e. The number of urea groups is 1. The Morgan fingerprint density at radius 3 is 2.78 bits per heavy atom.